The Bertz CT molecular complexity index is 829. The fourth-order valence-corrected chi connectivity index (χ4v) is 14.9. The third-order valence-corrected chi connectivity index (χ3v) is 15.1. The molecule has 23 heavy (non-hydrogen) atoms. The van der Waals surface area contributed by atoms with Crippen LogP contribution in [-0.2, 0) is 17.7 Å². The van der Waals surface area contributed by atoms with Gasteiger partial charge in [0.2, 0.25) is 17.7 Å². The Kier molecular flexibility index (Phi) is 6.12. The number of hydrogen-bond acceptors (Lipinski definition) is 7. The van der Waals surface area contributed by atoms with E-state index in [0.717, 1.165) is 9.83 Å². The Morgan fingerprint density at radius 2 is 1.00 bits per heavy atom. The molecule has 0 heterocycles. The van der Waals surface area contributed by atoms with Crippen LogP contribution in [0, 0.1) is 13.8 Å². The maximum absolute atomic E-state index is 12.3. The minimum atomic E-state index is -3.61. The zero-order valence-electron chi connectivity index (χ0n) is 12.3. The predicted molar refractivity (Wildman–Crippen MR) is 99.5 cm³/mol. The topological polar surface area (TPSA) is 68.3 Å². The van der Waals surface area contributed by atoms with Crippen LogP contribution in [0.3, 0.4) is 0 Å². The lowest BCUT2D eigenvalue weighted by atomic mass is 10.2. The summed E-state index contributed by atoms with van der Waals surface area (Å²) >= 11 is 0. The number of benzene rings is 2. The second kappa shape index (κ2) is 7.52. The van der Waals surface area contributed by atoms with E-state index in [1.54, 1.807) is 50.2 Å². The average Bonchev–Trinajstić information content (AvgIpc) is 2.47. The largest absolute Gasteiger partial charge is 0.241 e. The maximum Gasteiger partial charge on any atom is 0.241 e. The fraction of sp³-hybridized carbons (Fsp3) is 0.143. The highest BCUT2D eigenvalue weighted by Crippen LogP contribution is 2.47. The predicted octanol–water partition coefficient (Wildman–Crippen LogP) is 4.41. The van der Waals surface area contributed by atoms with Crippen molar-refractivity contribution in [1.82, 2.24) is 0 Å². The number of rotatable bonds is 6. The molecule has 0 spiro atoms. The van der Waals surface area contributed by atoms with E-state index in [4.69, 9.17) is 0 Å². The standard InChI is InChI=1S/C14H14O4S5/c1-11-7-3-5-9-13(11)22(15,16)20-19-21-23(17,18)14-10-6-4-8-12(14)2/h3-10H,1-2H3. The molecule has 2 aromatic rings. The Hall–Kier alpha value is -0.610. The lowest BCUT2D eigenvalue weighted by Crippen LogP contribution is -1.97. The highest BCUT2D eigenvalue weighted by atomic mass is 33.8. The minimum Gasteiger partial charge on any atom is -0.211 e. The fourth-order valence-electron chi connectivity index (χ4n) is 1.83. The van der Waals surface area contributed by atoms with Gasteiger partial charge in [0.1, 0.15) is 0 Å². The first-order valence-electron chi connectivity index (χ1n) is 6.40. The Morgan fingerprint density at radius 3 is 1.35 bits per heavy atom. The van der Waals surface area contributed by atoms with E-state index in [1.807, 2.05) is 0 Å². The Labute approximate surface area is 146 Å². The molecule has 124 valence electrons. The second-order valence-electron chi connectivity index (χ2n) is 4.64. The first-order chi connectivity index (χ1) is 10.7. The number of aryl methyl sites for hydroxylation is 2. The molecule has 0 atom stereocenters. The summed E-state index contributed by atoms with van der Waals surface area (Å²) in [7, 11) is -5.40. The van der Waals surface area contributed by atoms with Gasteiger partial charge >= 0.3 is 0 Å². The Balaban J connectivity index is 2.11. The van der Waals surface area contributed by atoms with Crippen molar-refractivity contribution in [3.63, 3.8) is 0 Å². The van der Waals surface area contributed by atoms with Crippen LogP contribution in [0.5, 0.6) is 0 Å². The van der Waals surface area contributed by atoms with Gasteiger partial charge in [-0.15, -0.1) is 0 Å². The molecule has 2 aromatic carbocycles. The van der Waals surface area contributed by atoms with Crippen LogP contribution < -0.4 is 0 Å². The van der Waals surface area contributed by atoms with Gasteiger partial charge in [-0.25, -0.2) is 16.8 Å². The van der Waals surface area contributed by atoms with Crippen molar-refractivity contribution in [2.45, 2.75) is 23.6 Å². The van der Waals surface area contributed by atoms with Crippen molar-refractivity contribution in [1.29, 1.82) is 0 Å². The van der Waals surface area contributed by atoms with E-state index in [0.29, 0.717) is 30.8 Å². The van der Waals surface area contributed by atoms with Gasteiger partial charge in [0.25, 0.3) is 0 Å². The van der Waals surface area contributed by atoms with Crippen molar-refractivity contribution in [3.8, 4) is 0 Å². The summed E-state index contributed by atoms with van der Waals surface area (Å²) in [5.41, 5.74) is 1.26. The lowest BCUT2D eigenvalue weighted by Gasteiger charge is -2.07. The zero-order chi connectivity index (χ0) is 17.1. The molecular formula is C14H14O4S5. The molecule has 0 bridgehead atoms. The monoisotopic (exact) mass is 406 g/mol. The smallest absolute Gasteiger partial charge is 0.211 e. The van der Waals surface area contributed by atoms with Gasteiger partial charge in [0.15, 0.2) is 0 Å². The summed E-state index contributed by atoms with van der Waals surface area (Å²) in [5, 5.41) is 0. The maximum atomic E-state index is 12.3. The van der Waals surface area contributed by atoms with Gasteiger partial charge in [0, 0.05) is 9.83 Å². The summed E-state index contributed by atoms with van der Waals surface area (Å²) in [6.45, 7) is 3.41. The zero-order valence-corrected chi connectivity index (χ0v) is 16.4. The van der Waals surface area contributed by atoms with E-state index < -0.39 is 17.7 Å². The van der Waals surface area contributed by atoms with Gasteiger partial charge in [0.05, 0.1) is 29.4 Å². The van der Waals surface area contributed by atoms with Gasteiger partial charge in [-0.3, -0.25) is 0 Å². The molecule has 0 unspecified atom stereocenters. The summed E-state index contributed by atoms with van der Waals surface area (Å²) in [6, 6.07) is 13.2. The molecule has 9 heteroatoms. The van der Waals surface area contributed by atoms with E-state index in [9.17, 15) is 16.8 Å². The van der Waals surface area contributed by atoms with Crippen LogP contribution in [0.2, 0.25) is 0 Å². The van der Waals surface area contributed by atoms with Crippen molar-refractivity contribution < 1.29 is 16.8 Å². The van der Waals surface area contributed by atoms with Crippen LogP contribution >= 0.6 is 29.5 Å². The van der Waals surface area contributed by atoms with Crippen molar-refractivity contribution in [3.05, 3.63) is 59.7 Å². The summed E-state index contributed by atoms with van der Waals surface area (Å²) in [6.07, 6.45) is 0. The highest BCUT2D eigenvalue weighted by molar-refractivity contribution is 9.33. The highest BCUT2D eigenvalue weighted by Gasteiger charge is 2.23. The molecule has 0 saturated carbocycles. The molecule has 0 aliphatic carbocycles. The second-order valence-corrected chi connectivity index (χ2v) is 15.3. The molecule has 0 N–H and O–H groups in total. The van der Waals surface area contributed by atoms with Gasteiger partial charge < -0.3 is 0 Å². The molecule has 0 aromatic heterocycles. The van der Waals surface area contributed by atoms with E-state index >= 15 is 0 Å². The molecule has 0 aliphatic heterocycles. The molecule has 2 rings (SSSR count). The molecule has 0 aliphatic rings. The SMILES string of the molecule is Cc1ccccc1S(=O)(=O)SSSS(=O)(=O)c1ccccc1C. The van der Waals surface area contributed by atoms with Crippen molar-refractivity contribution in [2.75, 3.05) is 0 Å². The number of hydrogen-bond donors (Lipinski definition) is 0. The minimum absolute atomic E-state index is 0.200. The van der Waals surface area contributed by atoms with Crippen molar-refractivity contribution >= 4 is 47.2 Å². The first-order valence-corrected chi connectivity index (χ1v) is 13.9. The average molecular weight is 407 g/mol. The van der Waals surface area contributed by atoms with Crippen LogP contribution in [0.4, 0.5) is 0 Å². The lowest BCUT2D eigenvalue weighted by molar-refractivity contribution is 0.608. The Morgan fingerprint density at radius 1 is 0.652 bits per heavy atom. The van der Waals surface area contributed by atoms with E-state index in [1.165, 1.54) is 12.1 Å². The summed E-state index contributed by atoms with van der Waals surface area (Å²) < 4.78 is 49.1. The van der Waals surface area contributed by atoms with Crippen LogP contribution in [0.1, 0.15) is 11.1 Å². The third-order valence-electron chi connectivity index (χ3n) is 2.96. The molecule has 0 amide bonds. The molecule has 0 saturated heterocycles. The van der Waals surface area contributed by atoms with E-state index in [2.05, 4.69) is 0 Å². The first kappa shape index (κ1) is 18.7. The quantitative estimate of drug-likeness (QED) is 0.658. The van der Waals surface area contributed by atoms with Crippen LogP contribution in [-0.4, -0.2) is 16.8 Å². The molecule has 0 radical (unpaired) electrons. The van der Waals surface area contributed by atoms with Crippen molar-refractivity contribution in [2.24, 2.45) is 0 Å². The van der Waals surface area contributed by atoms with Gasteiger partial charge in [-0.1, -0.05) is 36.4 Å². The normalized spacial score (nSPS) is 12.3. The molecular weight excluding hydrogens is 392 g/mol. The summed E-state index contributed by atoms with van der Waals surface area (Å²) in [4.78, 5) is 0.401. The van der Waals surface area contributed by atoms with Crippen LogP contribution in [0.15, 0.2) is 58.3 Å². The van der Waals surface area contributed by atoms with Gasteiger partial charge in [-0.2, -0.15) is 0 Å². The molecule has 4 nitrogen and oxygen atoms in total. The van der Waals surface area contributed by atoms with E-state index in [-0.39, 0.29) is 9.79 Å². The van der Waals surface area contributed by atoms with Gasteiger partial charge in [-0.05, 0) is 37.1 Å². The third kappa shape index (κ3) is 4.69. The molecule has 0 fully saturated rings. The van der Waals surface area contributed by atoms with Crippen LogP contribution in [0.25, 0.3) is 0 Å². The summed E-state index contributed by atoms with van der Waals surface area (Å²) in [5.74, 6) is 0.